The van der Waals surface area contributed by atoms with Crippen LogP contribution < -0.4 is 10.1 Å². The summed E-state index contributed by atoms with van der Waals surface area (Å²) in [6.07, 6.45) is 0.364. The third-order valence-corrected chi connectivity index (χ3v) is 6.54. The van der Waals surface area contributed by atoms with Gasteiger partial charge in [0.2, 0.25) is 5.91 Å². The second kappa shape index (κ2) is 12.5. The van der Waals surface area contributed by atoms with E-state index in [2.05, 4.69) is 10.1 Å². The van der Waals surface area contributed by atoms with Gasteiger partial charge in [0.15, 0.2) is 23.6 Å². The number of hydrogen-bond donors (Lipinski definition) is 1. The van der Waals surface area contributed by atoms with Crippen LogP contribution in [0.2, 0.25) is 0 Å². The van der Waals surface area contributed by atoms with Crippen molar-refractivity contribution in [3.05, 3.63) is 65.0 Å². The van der Waals surface area contributed by atoms with Gasteiger partial charge >= 0.3 is 5.97 Å². The highest BCUT2D eigenvalue weighted by atomic mass is 32.2. The van der Waals surface area contributed by atoms with E-state index in [9.17, 15) is 27.6 Å². The maximum absolute atomic E-state index is 13.8. The first-order valence-corrected chi connectivity index (χ1v) is 11.9. The summed E-state index contributed by atoms with van der Waals surface area (Å²) in [4.78, 5) is 38.0. The van der Waals surface area contributed by atoms with Crippen LogP contribution in [0.1, 0.15) is 24.0 Å². The number of benzene rings is 2. The molecule has 1 atom stereocenters. The van der Waals surface area contributed by atoms with Crippen LogP contribution >= 0.6 is 11.8 Å². The first-order chi connectivity index (χ1) is 16.8. The smallest absolute Gasteiger partial charge is 0.343 e. The van der Waals surface area contributed by atoms with Gasteiger partial charge in [-0.25, -0.2) is 18.0 Å². The molecule has 0 aliphatic carbocycles. The second-order valence-electron chi connectivity index (χ2n) is 7.75. The number of nitrogens with zero attached hydrogens (tertiary/aromatic N) is 1. The summed E-state index contributed by atoms with van der Waals surface area (Å²) in [5.74, 6) is -3.22. The van der Waals surface area contributed by atoms with Crippen molar-refractivity contribution in [2.75, 3.05) is 26.0 Å². The summed E-state index contributed by atoms with van der Waals surface area (Å²) in [5.41, 5.74) is 0.807. The number of rotatable bonds is 10. The molecule has 2 aromatic rings. The monoisotopic (exact) mass is 510 g/mol. The molecule has 188 valence electrons. The second-order valence-corrected chi connectivity index (χ2v) is 8.94. The molecule has 0 spiro atoms. The van der Waals surface area contributed by atoms with Gasteiger partial charge in [-0.05, 0) is 42.2 Å². The molecule has 0 bridgehead atoms. The standard InChI is InChI=1S/C24H25F3N2O5S/c1-33-22(31)14-34-17-7-5-15(6-8-17)13-28-23(32)24-29(9-10-35-24)21(30)4-2-3-16-11-19(26)20(27)12-18(16)25/h5-8,11-12,24H,2-4,9-10,13-14H2,1H3,(H,28,32). The van der Waals surface area contributed by atoms with Crippen LogP contribution in [0, 0.1) is 17.5 Å². The van der Waals surface area contributed by atoms with Crippen LogP contribution in [-0.4, -0.2) is 54.1 Å². The molecule has 0 radical (unpaired) electrons. The van der Waals surface area contributed by atoms with E-state index < -0.39 is 28.8 Å². The summed E-state index contributed by atoms with van der Waals surface area (Å²) < 4.78 is 49.9. The van der Waals surface area contributed by atoms with Crippen molar-refractivity contribution in [1.82, 2.24) is 10.2 Å². The van der Waals surface area contributed by atoms with Gasteiger partial charge in [-0.15, -0.1) is 11.8 Å². The molecule has 1 fully saturated rings. The predicted octanol–water partition coefficient (Wildman–Crippen LogP) is 3.20. The van der Waals surface area contributed by atoms with Crippen molar-refractivity contribution in [2.45, 2.75) is 31.2 Å². The largest absolute Gasteiger partial charge is 0.482 e. The van der Waals surface area contributed by atoms with Gasteiger partial charge in [-0.1, -0.05) is 12.1 Å². The van der Waals surface area contributed by atoms with Gasteiger partial charge in [0.05, 0.1) is 7.11 Å². The Morgan fingerprint density at radius 2 is 1.80 bits per heavy atom. The number of halogens is 3. The lowest BCUT2D eigenvalue weighted by molar-refractivity contribution is -0.143. The molecule has 1 heterocycles. The van der Waals surface area contributed by atoms with Crippen LogP contribution in [0.5, 0.6) is 5.75 Å². The minimum atomic E-state index is -1.26. The van der Waals surface area contributed by atoms with Gasteiger partial charge in [-0.2, -0.15) is 0 Å². The SMILES string of the molecule is COC(=O)COc1ccc(CNC(=O)C2SCCN2C(=O)CCCc2cc(F)c(F)cc2F)cc1. The predicted molar refractivity (Wildman–Crippen MR) is 123 cm³/mol. The first kappa shape index (κ1) is 26.4. The highest BCUT2D eigenvalue weighted by Crippen LogP contribution is 2.25. The Balaban J connectivity index is 1.46. The fourth-order valence-corrected chi connectivity index (χ4v) is 4.62. The molecule has 1 unspecified atom stereocenters. The number of amides is 2. The molecule has 1 aliphatic rings. The average molecular weight is 511 g/mol. The van der Waals surface area contributed by atoms with Gasteiger partial charge < -0.3 is 19.7 Å². The Bertz CT molecular complexity index is 1070. The van der Waals surface area contributed by atoms with Crippen molar-refractivity contribution in [3.8, 4) is 5.75 Å². The first-order valence-electron chi connectivity index (χ1n) is 10.9. The molecule has 2 amide bonds. The van der Waals surface area contributed by atoms with Gasteiger partial charge in [0, 0.05) is 31.3 Å². The highest BCUT2D eigenvalue weighted by molar-refractivity contribution is 8.00. The number of nitrogens with one attached hydrogen (secondary N) is 1. The molecule has 2 aromatic carbocycles. The van der Waals surface area contributed by atoms with Crippen molar-refractivity contribution in [1.29, 1.82) is 0 Å². The molecule has 1 saturated heterocycles. The lowest BCUT2D eigenvalue weighted by atomic mass is 10.1. The van der Waals surface area contributed by atoms with Gasteiger partial charge in [0.1, 0.15) is 11.6 Å². The molecular weight excluding hydrogens is 485 g/mol. The zero-order valence-corrected chi connectivity index (χ0v) is 19.8. The van der Waals surface area contributed by atoms with Crippen molar-refractivity contribution >= 4 is 29.5 Å². The number of esters is 1. The van der Waals surface area contributed by atoms with Gasteiger partial charge in [-0.3, -0.25) is 9.59 Å². The lowest BCUT2D eigenvalue weighted by Gasteiger charge is -2.23. The van der Waals surface area contributed by atoms with Crippen LogP contribution in [0.25, 0.3) is 0 Å². The minimum absolute atomic E-state index is 0.00325. The van der Waals surface area contributed by atoms with E-state index in [-0.39, 0.29) is 49.8 Å². The lowest BCUT2D eigenvalue weighted by Crippen LogP contribution is -2.44. The third-order valence-electron chi connectivity index (χ3n) is 5.34. The maximum Gasteiger partial charge on any atom is 0.343 e. The van der Waals surface area contributed by atoms with Crippen molar-refractivity contribution in [2.24, 2.45) is 0 Å². The molecule has 1 N–H and O–H groups in total. The molecule has 11 heteroatoms. The number of methoxy groups -OCH3 is 1. The van der Waals surface area contributed by atoms with Crippen LogP contribution in [-0.2, 0) is 32.1 Å². The van der Waals surface area contributed by atoms with Gasteiger partial charge in [0.25, 0.3) is 5.91 Å². The quantitative estimate of drug-likeness (QED) is 0.391. The highest BCUT2D eigenvalue weighted by Gasteiger charge is 2.34. The summed E-state index contributed by atoms with van der Waals surface area (Å²) in [5, 5.41) is 2.13. The Labute approximate surface area is 205 Å². The van der Waals surface area contributed by atoms with Crippen molar-refractivity contribution < 1.29 is 37.0 Å². The average Bonchev–Trinajstić information content (AvgIpc) is 3.35. The Hall–Kier alpha value is -3.21. The van der Waals surface area contributed by atoms with E-state index in [1.165, 1.54) is 23.8 Å². The molecular formula is C24H25F3N2O5S. The number of carbonyl (C=O) groups excluding carboxylic acids is 3. The maximum atomic E-state index is 13.8. The zero-order valence-electron chi connectivity index (χ0n) is 19.0. The van der Waals surface area contributed by atoms with E-state index >= 15 is 0 Å². The molecule has 3 rings (SSSR count). The zero-order chi connectivity index (χ0) is 25.4. The summed E-state index contributed by atoms with van der Waals surface area (Å²) in [6, 6.07) is 8.12. The van der Waals surface area contributed by atoms with Crippen molar-refractivity contribution in [3.63, 3.8) is 0 Å². The molecule has 1 aliphatic heterocycles. The normalized spacial score (nSPS) is 15.1. The number of thioether (sulfide) groups is 1. The molecule has 35 heavy (non-hydrogen) atoms. The van der Waals surface area contributed by atoms with E-state index in [0.717, 1.165) is 11.6 Å². The summed E-state index contributed by atoms with van der Waals surface area (Å²) >= 11 is 1.35. The minimum Gasteiger partial charge on any atom is -0.482 e. The number of aryl methyl sites for hydroxylation is 1. The van der Waals surface area contributed by atoms with Crippen LogP contribution in [0.15, 0.2) is 36.4 Å². The fourth-order valence-electron chi connectivity index (χ4n) is 3.45. The number of carbonyl (C=O) groups is 3. The Kier molecular flexibility index (Phi) is 9.41. The van der Waals surface area contributed by atoms with Crippen LogP contribution in [0.3, 0.4) is 0 Å². The molecule has 7 nitrogen and oxygen atoms in total. The van der Waals surface area contributed by atoms with Crippen LogP contribution in [0.4, 0.5) is 13.2 Å². The Morgan fingerprint density at radius 1 is 1.09 bits per heavy atom. The van der Waals surface area contributed by atoms with E-state index in [4.69, 9.17) is 4.74 Å². The Morgan fingerprint density at radius 3 is 2.51 bits per heavy atom. The summed E-state index contributed by atoms with van der Waals surface area (Å²) in [6.45, 7) is 0.447. The summed E-state index contributed by atoms with van der Waals surface area (Å²) in [7, 11) is 1.27. The molecule has 0 saturated carbocycles. The van der Waals surface area contributed by atoms with E-state index in [1.807, 2.05) is 0 Å². The third kappa shape index (κ3) is 7.38. The molecule has 0 aromatic heterocycles. The fraction of sp³-hybridized carbons (Fsp3) is 0.375. The number of ether oxygens (including phenoxy) is 2. The van der Waals surface area contributed by atoms with E-state index in [1.54, 1.807) is 24.3 Å². The van der Waals surface area contributed by atoms with E-state index in [0.29, 0.717) is 24.1 Å². The number of hydrogen-bond acceptors (Lipinski definition) is 6. The topological polar surface area (TPSA) is 84.9 Å².